The smallest absolute Gasteiger partial charge is 0.264 e. The molecule has 2 aromatic carbocycles. The van der Waals surface area contributed by atoms with E-state index < -0.39 is 43.5 Å². The molecule has 0 unspecified atom stereocenters. The highest BCUT2D eigenvalue weighted by Gasteiger charge is 2.45. The summed E-state index contributed by atoms with van der Waals surface area (Å²) in [5.41, 5.74) is 1.83. The topological polar surface area (TPSA) is 91.8 Å². The van der Waals surface area contributed by atoms with Gasteiger partial charge in [0.25, 0.3) is 10.0 Å². The lowest BCUT2D eigenvalue weighted by molar-refractivity contribution is 0.184. The molecule has 1 fully saturated rings. The Balaban J connectivity index is 2.18. The molecule has 2 atom stereocenters. The number of benzene rings is 2. The molecule has 6 nitrogen and oxygen atoms in total. The van der Waals surface area contributed by atoms with E-state index in [4.69, 9.17) is 0 Å². The number of aliphatic hydroxyl groups is 1. The molecule has 3 rings (SSSR count). The van der Waals surface area contributed by atoms with Gasteiger partial charge < -0.3 is 5.11 Å². The molecule has 0 aromatic heterocycles. The molecule has 1 saturated heterocycles. The van der Waals surface area contributed by atoms with Crippen molar-refractivity contribution in [2.45, 2.75) is 30.9 Å². The molecular formula is C18H21NO5S2. The summed E-state index contributed by atoms with van der Waals surface area (Å²) >= 11 is 0. The van der Waals surface area contributed by atoms with E-state index in [2.05, 4.69) is 0 Å². The second kappa shape index (κ2) is 6.68. The number of hydrogen-bond donors (Lipinski definition) is 1. The quantitative estimate of drug-likeness (QED) is 0.850. The van der Waals surface area contributed by atoms with Crippen molar-refractivity contribution in [3.05, 3.63) is 59.7 Å². The SMILES string of the molecule is Cc1ccc(S(=O)(=O)N(c2ccccc2)[C@@H]2CS(=O)(=O)C[C@@H]2O)c(C)c1. The number of nitrogens with zero attached hydrogens (tertiary/aromatic N) is 1. The number of para-hydroxylation sites is 1. The predicted molar refractivity (Wildman–Crippen MR) is 100 cm³/mol. The van der Waals surface area contributed by atoms with E-state index in [9.17, 15) is 21.9 Å². The highest BCUT2D eigenvalue weighted by Crippen LogP contribution is 2.32. The highest BCUT2D eigenvalue weighted by molar-refractivity contribution is 7.93. The molecule has 1 aliphatic rings. The average molecular weight is 396 g/mol. The van der Waals surface area contributed by atoms with Gasteiger partial charge in [-0.05, 0) is 37.6 Å². The minimum absolute atomic E-state index is 0.100. The zero-order chi connectivity index (χ0) is 19.1. The Morgan fingerprint density at radius 1 is 1.04 bits per heavy atom. The summed E-state index contributed by atoms with van der Waals surface area (Å²) in [7, 11) is -7.57. The Bertz CT molecular complexity index is 1020. The maximum Gasteiger partial charge on any atom is 0.264 e. The average Bonchev–Trinajstić information content (AvgIpc) is 2.80. The second-order valence-corrected chi connectivity index (χ2v) is 10.6. The van der Waals surface area contributed by atoms with E-state index in [1.807, 2.05) is 6.92 Å². The minimum atomic E-state index is -4.06. The number of hydrogen-bond acceptors (Lipinski definition) is 5. The molecule has 0 saturated carbocycles. The molecule has 0 radical (unpaired) electrons. The van der Waals surface area contributed by atoms with Gasteiger partial charge in [0.15, 0.2) is 9.84 Å². The van der Waals surface area contributed by atoms with Crippen LogP contribution in [-0.4, -0.2) is 45.6 Å². The second-order valence-electron chi connectivity index (χ2n) is 6.62. The van der Waals surface area contributed by atoms with Crippen LogP contribution >= 0.6 is 0 Å². The van der Waals surface area contributed by atoms with Crippen LogP contribution in [0.2, 0.25) is 0 Å². The molecule has 0 amide bonds. The van der Waals surface area contributed by atoms with Crippen LogP contribution in [0.4, 0.5) is 5.69 Å². The van der Waals surface area contributed by atoms with Gasteiger partial charge in [-0.2, -0.15) is 0 Å². The number of aryl methyl sites for hydroxylation is 2. The van der Waals surface area contributed by atoms with Gasteiger partial charge in [0.05, 0.1) is 34.2 Å². The van der Waals surface area contributed by atoms with Crippen molar-refractivity contribution in [2.75, 3.05) is 15.8 Å². The van der Waals surface area contributed by atoms with Gasteiger partial charge in [-0.3, -0.25) is 4.31 Å². The molecule has 0 spiro atoms. The normalized spacial score (nSPS) is 22.3. The molecular weight excluding hydrogens is 374 g/mol. The lowest BCUT2D eigenvalue weighted by atomic mass is 10.2. The van der Waals surface area contributed by atoms with Gasteiger partial charge in [0.2, 0.25) is 0 Å². The van der Waals surface area contributed by atoms with E-state index in [1.165, 1.54) is 6.07 Å². The predicted octanol–water partition coefficient (Wildman–Crippen LogP) is 1.66. The highest BCUT2D eigenvalue weighted by atomic mass is 32.2. The van der Waals surface area contributed by atoms with Crippen molar-refractivity contribution in [3.63, 3.8) is 0 Å². The van der Waals surface area contributed by atoms with Gasteiger partial charge >= 0.3 is 0 Å². The zero-order valence-electron chi connectivity index (χ0n) is 14.5. The zero-order valence-corrected chi connectivity index (χ0v) is 16.2. The van der Waals surface area contributed by atoms with Crippen molar-refractivity contribution >= 4 is 25.5 Å². The lowest BCUT2D eigenvalue weighted by Gasteiger charge is -2.32. The summed E-state index contributed by atoms with van der Waals surface area (Å²) in [6.45, 7) is 3.57. The number of anilines is 1. The van der Waals surface area contributed by atoms with Crippen LogP contribution in [0, 0.1) is 13.8 Å². The van der Waals surface area contributed by atoms with Gasteiger partial charge in [-0.15, -0.1) is 0 Å². The monoisotopic (exact) mass is 395 g/mol. The van der Waals surface area contributed by atoms with E-state index in [0.29, 0.717) is 11.3 Å². The fourth-order valence-corrected chi connectivity index (χ4v) is 7.07. The standard InChI is InChI=1S/C18H21NO5S2/c1-13-8-9-18(14(2)10-13)26(23,24)19(15-6-4-3-5-7-15)16-11-25(21,22)12-17(16)20/h3-10,16-17,20H,11-12H2,1-2H3/t16-,17+/m1/s1. The molecule has 26 heavy (non-hydrogen) atoms. The van der Waals surface area contributed by atoms with E-state index in [1.54, 1.807) is 49.4 Å². The maximum absolute atomic E-state index is 13.4. The third-order valence-corrected chi connectivity index (χ3v) is 8.18. The van der Waals surface area contributed by atoms with Crippen molar-refractivity contribution in [1.29, 1.82) is 0 Å². The van der Waals surface area contributed by atoms with Crippen LogP contribution in [0.3, 0.4) is 0 Å². The summed E-state index contributed by atoms with van der Waals surface area (Å²) in [5, 5.41) is 10.3. The first kappa shape index (κ1) is 18.9. The van der Waals surface area contributed by atoms with Crippen LogP contribution < -0.4 is 4.31 Å². The third kappa shape index (κ3) is 3.49. The first-order valence-corrected chi connectivity index (χ1v) is 11.4. The summed E-state index contributed by atoms with van der Waals surface area (Å²) in [6.07, 6.45) is -1.28. The molecule has 2 aromatic rings. The van der Waals surface area contributed by atoms with Crippen molar-refractivity contribution in [3.8, 4) is 0 Å². The van der Waals surface area contributed by atoms with Crippen LogP contribution in [0.1, 0.15) is 11.1 Å². The van der Waals surface area contributed by atoms with Crippen LogP contribution in [0.5, 0.6) is 0 Å². The third-order valence-electron chi connectivity index (χ3n) is 4.47. The van der Waals surface area contributed by atoms with E-state index in [0.717, 1.165) is 9.87 Å². The van der Waals surface area contributed by atoms with Crippen LogP contribution in [0.15, 0.2) is 53.4 Å². The van der Waals surface area contributed by atoms with E-state index >= 15 is 0 Å². The maximum atomic E-state index is 13.4. The van der Waals surface area contributed by atoms with Gasteiger partial charge in [-0.1, -0.05) is 35.9 Å². The molecule has 1 aliphatic heterocycles. The first-order valence-electron chi connectivity index (χ1n) is 8.17. The summed E-state index contributed by atoms with van der Waals surface area (Å²) in [6, 6.07) is 12.2. The molecule has 0 bridgehead atoms. The van der Waals surface area contributed by atoms with Gasteiger partial charge in [0, 0.05) is 0 Å². The fourth-order valence-electron chi connectivity index (χ4n) is 3.31. The van der Waals surface area contributed by atoms with Crippen molar-refractivity contribution < 1.29 is 21.9 Å². The molecule has 8 heteroatoms. The van der Waals surface area contributed by atoms with Crippen LogP contribution in [0.25, 0.3) is 0 Å². The Kier molecular flexibility index (Phi) is 4.85. The van der Waals surface area contributed by atoms with Crippen molar-refractivity contribution in [1.82, 2.24) is 0 Å². The molecule has 1 N–H and O–H groups in total. The van der Waals surface area contributed by atoms with Gasteiger partial charge in [-0.25, -0.2) is 16.8 Å². The Morgan fingerprint density at radius 2 is 1.69 bits per heavy atom. The van der Waals surface area contributed by atoms with Crippen molar-refractivity contribution in [2.24, 2.45) is 0 Å². The molecule has 0 aliphatic carbocycles. The lowest BCUT2D eigenvalue weighted by Crippen LogP contribution is -2.47. The first-order chi connectivity index (χ1) is 12.1. The minimum Gasteiger partial charge on any atom is -0.390 e. The number of aliphatic hydroxyl groups excluding tert-OH is 1. The summed E-state index contributed by atoms with van der Waals surface area (Å²) in [5.74, 6) is -0.851. The van der Waals surface area contributed by atoms with Crippen LogP contribution in [-0.2, 0) is 19.9 Å². The van der Waals surface area contributed by atoms with Gasteiger partial charge in [0.1, 0.15) is 0 Å². The van der Waals surface area contributed by atoms with E-state index in [-0.39, 0.29) is 4.90 Å². The summed E-state index contributed by atoms with van der Waals surface area (Å²) < 4.78 is 51.9. The number of rotatable bonds is 4. The Hall–Kier alpha value is -1.90. The molecule has 1 heterocycles. The Morgan fingerprint density at radius 3 is 2.23 bits per heavy atom. The molecule has 140 valence electrons. The number of sulfonamides is 1. The summed E-state index contributed by atoms with van der Waals surface area (Å²) in [4.78, 5) is 0.100. The Labute approximate surface area is 154 Å². The fraction of sp³-hybridized carbons (Fsp3) is 0.333. The number of sulfone groups is 1. The largest absolute Gasteiger partial charge is 0.390 e.